The quantitative estimate of drug-likeness (QED) is 0.329. The number of likely N-dealkylation sites (N-methyl/N-ethyl adjacent to an activating group) is 1. The zero-order valence-corrected chi connectivity index (χ0v) is 22.7. The molecule has 0 bridgehead atoms. The number of aromatic nitrogens is 1. The summed E-state index contributed by atoms with van der Waals surface area (Å²) >= 11 is 0. The Morgan fingerprint density at radius 1 is 0.949 bits per heavy atom. The van der Waals surface area contributed by atoms with E-state index in [4.69, 9.17) is 5.73 Å². The number of nitrogens with one attached hydrogen (secondary N) is 2. The molecule has 0 unspecified atom stereocenters. The predicted octanol–water partition coefficient (Wildman–Crippen LogP) is 3.31. The van der Waals surface area contributed by atoms with Crippen molar-refractivity contribution in [3.8, 4) is 0 Å². The van der Waals surface area contributed by atoms with Gasteiger partial charge in [-0.3, -0.25) is 9.78 Å². The van der Waals surface area contributed by atoms with Gasteiger partial charge in [-0.25, -0.2) is 4.79 Å². The monoisotopic (exact) mass is 529 g/mol. The zero-order valence-electron chi connectivity index (χ0n) is 22.7. The average Bonchev–Trinajstić information content (AvgIpc) is 2.95. The number of nitrogen functional groups attached to an aromatic ring is 1. The van der Waals surface area contributed by atoms with E-state index in [1.54, 1.807) is 24.4 Å². The van der Waals surface area contributed by atoms with Crippen LogP contribution in [0, 0.1) is 0 Å². The molecule has 1 aliphatic heterocycles. The number of amides is 3. The standard InChI is InChI=1S/C30H39N7O2/c1-35-18-20-36(21-19-35)16-7-17-37(30(39)32-15-14-24-8-3-2-4-9-24)23-25-12-13-28(33-22-25)29(38)34-27-11-6-5-10-26(27)31/h2-6,8-13,22H,7,14-21,23,31H2,1H3,(H,32,39)(H,34,38). The summed E-state index contributed by atoms with van der Waals surface area (Å²) in [7, 11) is 2.15. The largest absolute Gasteiger partial charge is 0.397 e. The van der Waals surface area contributed by atoms with Gasteiger partial charge in [-0.05, 0) is 55.8 Å². The highest BCUT2D eigenvalue weighted by Crippen LogP contribution is 2.17. The van der Waals surface area contributed by atoms with Crippen LogP contribution in [0.1, 0.15) is 28.0 Å². The Balaban J connectivity index is 1.34. The minimum Gasteiger partial charge on any atom is -0.397 e. The number of anilines is 2. The van der Waals surface area contributed by atoms with Crippen molar-refractivity contribution >= 4 is 23.3 Å². The fourth-order valence-electron chi connectivity index (χ4n) is 4.55. The molecule has 39 heavy (non-hydrogen) atoms. The Hall–Kier alpha value is -3.95. The van der Waals surface area contributed by atoms with Crippen molar-refractivity contribution in [2.24, 2.45) is 0 Å². The molecule has 0 radical (unpaired) electrons. The topological polar surface area (TPSA) is 107 Å². The van der Waals surface area contributed by atoms with E-state index < -0.39 is 0 Å². The highest BCUT2D eigenvalue weighted by Gasteiger charge is 2.17. The normalized spacial score (nSPS) is 14.1. The number of nitrogens with two attached hydrogens (primary N) is 1. The maximum Gasteiger partial charge on any atom is 0.317 e. The van der Waals surface area contributed by atoms with Crippen LogP contribution in [0.3, 0.4) is 0 Å². The van der Waals surface area contributed by atoms with Crippen molar-refractivity contribution in [3.05, 3.63) is 89.7 Å². The summed E-state index contributed by atoms with van der Waals surface area (Å²) in [4.78, 5) is 36.8. The molecule has 0 spiro atoms. The van der Waals surface area contributed by atoms with Crippen LogP contribution in [0.5, 0.6) is 0 Å². The third kappa shape index (κ3) is 8.80. The molecule has 1 saturated heterocycles. The molecule has 1 fully saturated rings. The highest BCUT2D eigenvalue weighted by atomic mass is 16.2. The highest BCUT2D eigenvalue weighted by molar-refractivity contribution is 6.04. The molecule has 0 aliphatic carbocycles. The Kier molecular flexibility index (Phi) is 10.3. The number of piperazine rings is 1. The van der Waals surface area contributed by atoms with E-state index in [2.05, 4.69) is 44.6 Å². The van der Waals surface area contributed by atoms with Crippen LogP contribution in [0.2, 0.25) is 0 Å². The first-order valence-corrected chi connectivity index (χ1v) is 13.6. The van der Waals surface area contributed by atoms with E-state index in [1.165, 1.54) is 5.56 Å². The lowest BCUT2D eigenvalue weighted by Crippen LogP contribution is -2.46. The summed E-state index contributed by atoms with van der Waals surface area (Å²) in [6.07, 6.45) is 3.33. The first-order valence-electron chi connectivity index (χ1n) is 13.6. The minimum atomic E-state index is -0.331. The summed E-state index contributed by atoms with van der Waals surface area (Å²) in [5.74, 6) is -0.331. The molecular formula is C30H39N7O2. The molecule has 2 heterocycles. The van der Waals surface area contributed by atoms with Crippen molar-refractivity contribution in [1.29, 1.82) is 0 Å². The maximum atomic E-state index is 13.2. The lowest BCUT2D eigenvalue weighted by molar-refractivity contribution is 0.102. The van der Waals surface area contributed by atoms with Crippen molar-refractivity contribution in [2.75, 3.05) is 63.9 Å². The molecule has 3 aromatic rings. The van der Waals surface area contributed by atoms with Gasteiger partial charge >= 0.3 is 6.03 Å². The van der Waals surface area contributed by atoms with Gasteiger partial charge in [0.15, 0.2) is 0 Å². The van der Waals surface area contributed by atoms with Gasteiger partial charge in [0, 0.05) is 52.0 Å². The summed E-state index contributed by atoms with van der Waals surface area (Å²) in [5.41, 5.74) is 9.32. The Bertz CT molecular complexity index is 1200. The van der Waals surface area contributed by atoms with E-state index in [1.807, 2.05) is 41.3 Å². The summed E-state index contributed by atoms with van der Waals surface area (Å²) in [6, 6.07) is 20.7. The van der Waals surface area contributed by atoms with Crippen molar-refractivity contribution in [1.82, 2.24) is 25.0 Å². The second-order valence-corrected chi connectivity index (χ2v) is 9.98. The number of carbonyl (C=O) groups excluding carboxylic acids is 2. The lowest BCUT2D eigenvalue weighted by atomic mass is 10.1. The SMILES string of the molecule is CN1CCN(CCCN(Cc2ccc(C(=O)Nc3ccccc3N)nc2)C(=O)NCCc2ccccc2)CC1. The number of hydrogen-bond donors (Lipinski definition) is 3. The number of carbonyl (C=O) groups is 2. The van der Waals surface area contributed by atoms with Crippen LogP contribution in [-0.2, 0) is 13.0 Å². The van der Waals surface area contributed by atoms with Crippen LogP contribution in [0.4, 0.5) is 16.2 Å². The molecule has 9 nitrogen and oxygen atoms in total. The number of hydrogen-bond acceptors (Lipinski definition) is 6. The number of rotatable bonds is 11. The summed E-state index contributed by atoms with van der Waals surface area (Å²) in [6.45, 7) is 6.85. The van der Waals surface area contributed by atoms with Gasteiger partial charge in [0.1, 0.15) is 5.69 Å². The van der Waals surface area contributed by atoms with E-state index in [0.29, 0.717) is 31.0 Å². The third-order valence-electron chi connectivity index (χ3n) is 6.96. The van der Waals surface area contributed by atoms with Gasteiger partial charge in [-0.2, -0.15) is 0 Å². The minimum absolute atomic E-state index is 0.0920. The zero-order chi connectivity index (χ0) is 27.5. The van der Waals surface area contributed by atoms with Crippen molar-refractivity contribution in [3.63, 3.8) is 0 Å². The Labute approximate surface area is 231 Å². The molecule has 1 aromatic heterocycles. The number of benzene rings is 2. The number of nitrogens with zero attached hydrogens (tertiary/aromatic N) is 4. The Morgan fingerprint density at radius 3 is 2.41 bits per heavy atom. The van der Waals surface area contributed by atoms with E-state index >= 15 is 0 Å². The first kappa shape index (κ1) is 28.1. The molecule has 2 aromatic carbocycles. The van der Waals surface area contributed by atoms with Gasteiger partial charge < -0.3 is 31.1 Å². The van der Waals surface area contributed by atoms with Crippen LogP contribution in [0.15, 0.2) is 72.9 Å². The molecule has 4 N–H and O–H groups in total. The van der Waals surface area contributed by atoms with Crippen LogP contribution in [-0.4, -0.2) is 84.5 Å². The number of pyridine rings is 1. The van der Waals surface area contributed by atoms with Gasteiger partial charge in [0.2, 0.25) is 0 Å². The fourth-order valence-corrected chi connectivity index (χ4v) is 4.55. The Morgan fingerprint density at radius 2 is 1.69 bits per heavy atom. The predicted molar refractivity (Wildman–Crippen MR) is 156 cm³/mol. The van der Waals surface area contributed by atoms with Gasteiger partial charge in [-0.1, -0.05) is 48.5 Å². The lowest BCUT2D eigenvalue weighted by Gasteiger charge is -2.33. The summed E-state index contributed by atoms with van der Waals surface area (Å²) < 4.78 is 0. The van der Waals surface area contributed by atoms with E-state index in [0.717, 1.165) is 51.1 Å². The first-order chi connectivity index (χ1) is 19.0. The van der Waals surface area contributed by atoms with Gasteiger partial charge in [0.25, 0.3) is 5.91 Å². The second-order valence-electron chi connectivity index (χ2n) is 9.98. The van der Waals surface area contributed by atoms with Crippen molar-refractivity contribution in [2.45, 2.75) is 19.4 Å². The molecule has 3 amide bonds. The van der Waals surface area contributed by atoms with Crippen LogP contribution in [0.25, 0.3) is 0 Å². The average molecular weight is 530 g/mol. The summed E-state index contributed by atoms with van der Waals surface area (Å²) in [5, 5.41) is 5.87. The fraction of sp³-hybridized carbons (Fsp3) is 0.367. The number of urea groups is 1. The third-order valence-corrected chi connectivity index (χ3v) is 6.96. The van der Waals surface area contributed by atoms with Gasteiger partial charge in [-0.15, -0.1) is 0 Å². The van der Waals surface area contributed by atoms with Crippen LogP contribution < -0.4 is 16.4 Å². The van der Waals surface area contributed by atoms with Gasteiger partial charge in [0.05, 0.1) is 11.4 Å². The molecule has 1 aliphatic rings. The smallest absolute Gasteiger partial charge is 0.317 e. The molecule has 4 rings (SSSR count). The maximum absolute atomic E-state index is 13.2. The van der Waals surface area contributed by atoms with Crippen LogP contribution >= 0.6 is 0 Å². The number of para-hydroxylation sites is 2. The molecule has 206 valence electrons. The van der Waals surface area contributed by atoms with Crippen molar-refractivity contribution < 1.29 is 9.59 Å². The molecule has 9 heteroatoms. The molecule has 0 atom stereocenters. The molecule has 0 saturated carbocycles. The van der Waals surface area contributed by atoms with E-state index in [9.17, 15) is 9.59 Å². The second kappa shape index (κ2) is 14.3. The molecular weight excluding hydrogens is 490 g/mol. The van der Waals surface area contributed by atoms with E-state index in [-0.39, 0.29) is 17.6 Å².